The lowest BCUT2D eigenvalue weighted by Crippen LogP contribution is -2.42. The van der Waals surface area contributed by atoms with Crippen LogP contribution in [0.1, 0.15) is 17.9 Å². The van der Waals surface area contributed by atoms with E-state index in [1.807, 2.05) is 30.3 Å². The third kappa shape index (κ3) is 2.05. The molecule has 1 aliphatic heterocycles. The van der Waals surface area contributed by atoms with Crippen molar-refractivity contribution in [2.24, 2.45) is 0 Å². The first-order chi connectivity index (χ1) is 7.68. The Labute approximate surface area is 93.5 Å². The van der Waals surface area contributed by atoms with E-state index in [1.165, 1.54) is 4.90 Å². The van der Waals surface area contributed by atoms with Crippen LogP contribution in [0.5, 0.6) is 0 Å². The van der Waals surface area contributed by atoms with Gasteiger partial charge in [0, 0.05) is 19.5 Å². The molecule has 1 aliphatic rings. The average Bonchev–Trinajstić information content (AvgIpc) is 2.30. The van der Waals surface area contributed by atoms with Crippen molar-refractivity contribution in [2.75, 3.05) is 13.1 Å². The zero-order chi connectivity index (χ0) is 11.5. The molecule has 4 heteroatoms. The predicted octanol–water partition coefficient (Wildman–Crippen LogP) is 1.72. The largest absolute Gasteiger partial charge is 0.465 e. The fourth-order valence-electron chi connectivity index (χ4n) is 1.98. The maximum Gasteiger partial charge on any atom is 0.407 e. The molecule has 1 aromatic rings. The number of likely N-dealkylation sites (tertiary alicyclic amines) is 1. The number of carbonyl (C=O) groups is 2. The Kier molecular flexibility index (Phi) is 2.90. The van der Waals surface area contributed by atoms with Crippen LogP contribution < -0.4 is 0 Å². The van der Waals surface area contributed by atoms with Gasteiger partial charge in [0.25, 0.3) is 0 Å². The van der Waals surface area contributed by atoms with E-state index in [0.717, 1.165) is 5.56 Å². The highest BCUT2D eigenvalue weighted by atomic mass is 16.4. The van der Waals surface area contributed by atoms with E-state index in [-0.39, 0.29) is 18.2 Å². The van der Waals surface area contributed by atoms with E-state index in [0.29, 0.717) is 13.0 Å². The highest BCUT2D eigenvalue weighted by Crippen LogP contribution is 2.23. The molecule has 1 aromatic carbocycles. The van der Waals surface area contributed by atoms with Gasteiger partial charge in [0.05, 0.1) is 5.92 Å². The molecule has 1 N–H and O–H groups in total. The molecule has 16 heavy (non-hydrogen) atoms. The van der Waals surface area contributed by atoms with Crippen molar-refractivity contribution in [2.45, 2.75) is 12.3 Å². The molecule has 1 heterocycles. The molecule has 1 atom stereocenters. The van der Waals surface area contributed by atoms with Gasteiger partial charge in [0.1, 0.15) is 5.78 Å². The summed E-state index contributed by atoms with van der Waals surface area (Å²) in [6.07, 6.45) is -0.639. The molecule has 0 spiro atoms. The number of carbonyl (C=O) groups excluding carboxylic acids is 1. The van der Waals surface area contributed by atoms with Crippen LogP contribution in [0, 0.1) is 0 Å². The van der Waals surface area contributed by atoms with Crippen LogP contribution in [0.3, 0.4) is 0 Å². The number of hydrogen-bond donors (Lipinski definition) is 1. The number of nitrogens with zero attached hydrogens (tertiary/aromatic N) is 1. The number of Topliss-reactive ketones (excluding diaryl/α,β-unsaturated/α-hetero) is 1. The summed E-state index contributed by atoms with van der Waals surface area (Å²) >= 11 is 0. The zero-order valence-electron chi connectivity index (χ0n) is 8.80. The van der Waals surface area contributed by atoms with Crippen molar-refractivity contribution >= 4 is 11.9 Å². The van der Waals surface area contributed by atoms with E-state index >= 15 is 0 Å². The van der Waals surface area contributed by atoms with E-state index in [4.69, 9.17) is 5.11 Å². The quantitative estimate of drug-likeness (QED) is 0.782. The van der Waals surface area contributed by atoms with Gasteiger partial charge in [-0.1, -0.05) is 30.3 Å². The topological polar surface area (TPSA) is 57.6 Å². The lowest BCUT2D eigenvalue weighted by Gasteiger charge is -2.29. The molecule has 0 radical (unpaired) electrons. The average molecular weight is 219 g/mol. The Morgan fingerprint density at radius 3 is 2.62 bits per heavy atom. The van der Waals surface area contributed by atoms with Gasteiger partial charge in [0.2, 0.25) is 0 Å². The van der Waals surface area contributed by atoms with Crippen molar-refractivity contribution in [3.63, 3.8) is 0 Å². The first-order valence-electron chi connectivity index (χ1n) is 5.24. The summed E-state index contributed by atoms with van der Waals surface area (Å²) < 4.78 is 0. The van der Waals surface area contributed by atoms with Gasteiger partial charge in [-0.25, -0.2) is 4.79 Å². The molecule has 1 unspecified atom stereocenters. The second-order valence-electron chi connectivity index (χ2n) is 3.91. The van der Waals surface area contributed by atoms with Crippen molar-refractivity contribution in [3.05, 3.63) is 35.9 Å². The van der Waals surface area contributed by atoms with Crippen LogP contribution >= 0.6 is 0 Å². The third-order valence-electron chi connectivity index (χ3n) is 2.89. The summed E-state index contributed by atoms with van der Waals surface area (Å²) in [4.78, 5) is 23.9. The number of piperidine rings is 1. The molecule has 0 saturated carbocycles. The van der Waals surface area contributed by atoms with E-state index < -0.39 is 6.09 Å². The predicted molar refractivity (Wildman–Crippen MR) is 58.4 cm³/mol. The number of carboxylic acid groups (broad SMARTS) is 1. The van der Waals surface area contributed by atoms with Crippen LogP contribution in [0.15, 0.2) is 30.3 Å². The highest BCUT2D eigenvalue weighted by molar-refractivity contribution is 5.88. The van der Waals surface area contributed by atoms with Gasteiger partial charge in [-0.05, 0) is 5.56 Å². The summed E-state index contributed by atoms with van der Waals surface area (Å²) in [7, 11) is 0. The maximum atomic E-state index is 11.7. The van der Waals surface area contributed by atoms with Crippen LogP contribution in [0.25, 0.3) is 0 Å². The summed E-state index contributed by atoms with van der Waals surface area (Å²) in [6.45, 7) is 0.593. The standard InChI is InChI=1S/C12H13NO3/c14-11-6-7-13(12(15)16)8-10(11)9-4-2-1-3-5-9/h1-5,10H,6-8H2,(H,15,16). The van der Waals surface area contributed by atoms with E-state index in [2.05, 4.69) is 0 Å². The number of rotatable bonds is 1. The van der Waals surface area contributed by atoms with E-state index in [9.17, 15) is 9.59 Å². The minimum Gasteiger partial charge on any atom is -0.465 e. The van der Waals surface area contributed by atoms with Gasteiger partial charge in [0.15, 0.2) is 0 Å². The van der Waals surface area contributed by atoms with Crippen molar-refractivity contribution in [1.29, 1.82) is 0 Å². The van der Waals surface area contributed by atoms with Gasteiger partial charge >= 0.3 is 6.09 Å². The molecular formula is C12H13NO3. The van der Waals surface area contributed by atoms with Gasteiger partial charge in [-0.2, -0.15) is 0 Å². The van der Waals surface area contributed by atoms with Gasteiger partial charge in [-0.3, -0.25) is 4.79 Å². The Morgan fingerprint density at radius 2 is 2.00 bits per heavy atom. The Balaban J connectivity index is 2.19. The zero-order valence-corrected chi connectivity index (χ0v) is 8.80. The number of ketones is 1. The van der Waals surface area contributed by atoms with Crippen LogP contribution in [-0.4, -0.2) is 35.0 Å². The Bertz CT molecular complexity index is 402. The lowest BCUT2D eigenvalue weighted by atomic mass is 9.90. The third-order valence-corrected chi connectivity index (χ3v) is 2.89. The van der Waals surface area contributed by atoms with Gasteiger partial charge in [-0.15, -0.1) is 0 Å². The van der Waals surface area contributed by atoms with E-state index in [1.54, 1.807) is 0 Å². The lowest BCUT2D eigenvalue weighted by molar-refractivity contribution is -0.122. The summed E-state index contributed by atoms with van der Waals surface area (Å²) in [6, 6.07) is 9.35. The number of hydrogen-bond acceptors (Lipinski definition) is 2. The molecule has 0 aromatic heterocycles. The molecule has 0 bridgehead atoms. The van der Waals surface area contributed by atoms with Gasteiger partial charge < -0.3 is 10.0 Å². The highest BCUT2D eigenvalue weighted by Gasteiger charge is 2.30. The normalized spacial score (nSPS) is 20.9. The Morgan fingerprint density at radius 1 is 1.31 bits per heavy atom. The van der Waals surface area contributed by atoms with Crippen molar-refractivity contribution in [3.8, 4) is 0 Å². The summed E-state index contributed by atoms with van der Waals surface area (Å²) in [5, 5.41) is 8.90. The maximum absolute atomic E-state index is 11.7. The molecule has 1 amide bonds. The molecular weight excluding hydrogens is 206 g/mol. The smallest absolute Gasteiger partial charge is 0.407 e. The second-order valence-corrected chi connectivity index (χ2v) is 3.91. The molecule has 1 saturated heterocycles. The molecule has 4 nitrogen and oxygen atoms in total. The molecule has 2 rings (SSSR count). The summed E-state index contributed by atoms with van der Waals surface area (Å²) in [5.41, 5.74) is 0.901. The molecule has 84 valence electrons. The molecule has 0 aliphatic carbocycles. The molecule has 1 fully saturated rings. The number of amides is 1. The SMILES string of the molecule is O=C1CCN(C(=O)O)CC1c1ccccc1. The van der Waals surface area contributed by atoms with Crippen molar-refractivity contribution in [1.82, 2.24) is 4.90 Å². The first kappa shape index (κ1) is 10.7. The minimum atomic E-state index is -0.951. The Hall–Kier alpha value is -1.84. The fourth-order valence-corrected chi connectivity index (χ4v) is 1.98. The minimum absolute atomic E-state index is 0.128. The van der Waals surface area contributed by atoms with Crippen LogP contribution in [0.4, 0.5) is 4.79 Å². The number of benzene rings is 1. The second kappa shape index (κ2) is 4.35. The first-order valence-corrected chi connectivity index (χ1v) is 5.24. The monoisotopic (exact) mass is 219 g/mol. The van der Waals surface area contributed by atoms with Crippen LogP contribution in [-0.2, 0) is 4.79 Å². The van der Waals surface area contributed by atoms with Crippen molar-refractivity contribution < 1.29 is 14.7 Å². The summed E-state index contributed by atoms with van der Waals surface area (Å²) in [5.74, 6) is -0.172. The fraction of sp³-hybridized carbons (Fsp3) is 0.333. The van der Waals surface area contributed by atoms with Crippen LogP contribution in [0.2, 0.25) is 0 Å².